The summed E-state index contributed by atoms with van der Waals surface area (Å²) in [6.45, 7) is 7.74. The van der Waals surface area contributed by atoms with Crippen molar-refractivity contribution in [3.8, 4) is 0 Å². The Labute approximate surface area is 107 Å². The maximum atomic E-state index is 5.24. The number of rotatable bonds is 7. The van der Waals surface area contributed by atoms with Gasteiger partial charge in [0.25, 0.3) is 0 Å². The van der Waals surface area contributed by atoms with Crippen LogP contribution in [0.3, 0.4) is 0 Å². The van der Waals surface area contributed by atoms with Crippen molar-refractivity contribution in [2.45, 2.75) is 51.6 Å². The zero-order chi connectivity index (χ0) is 12.7. The molecule has 1 saturated carbocycles. The average molecular weight is 242 g/mol. The van der Waals surface area contributed by atoms with Gasteiger partial charge >= 0.3 is 0 Å². The third-order valence-electron chi connectivity index (χ3n) is 3.75. The van der Waals surface area contributed by atoms with Crippen molar-refractivity contribution in [1.29, 1.82) is 0 Å². The molecule has 0 aromatic heterocycles. The summed E-state index contributed by atoms with van der Waals surface area (Å²) in [5.41, 5.74) is 0. The van der Waals surface area contributed by atoms with Crippen molar-refractivity contribution in [3.05, 3.63) is 0 Å². The van der Waals surface area contributed by atoms with E-state index in [9.17, 15) is 0 Å². The number of methoxy groups -OCH3 is 1. The van der Waals surface area contributed by atoms with Crippen LogP contribution in [0.2, 0.25) is 0 Å². The van der Waals surface area contributed by atoms with Gasteiger partial charge in [0.05, 0.1) is 6.61 Å². The lowest BCUT2D eigenvalue weighted by Gasteiger charge is -2.38. The van der Waals surface area contributed by atoms with Crippen LogP contribution in [0.1, 0.15) is 39.5 Å². The van der Waals surface area contributed by atoms with Gasteiger partial charge in [-0.3, -0.25) is 4.90 Å². The van der Waals surface area contributed by atoms with Gasteiger partial charge in [-0.05, 0) is 32.2 Å². The van der Waals surface area contributed by atoms with E-state index in [4.69, 9.17) is 4.74 Å². The van der Waals surface area contributed by atoms with E-state index in [1.54, 1.807) is 7.11 Å². The highest BCUT2D eigenvalue weighted by molar-refractivity contribution is 4.83. The topological polar surface area (TPSA) is 24.5 Å². The predicted molar refractivity (Wildman–Crippen MR) is 73.4 cm³/mol. The number of ether oxygens (including phenoxy) is 1. The normalized spacial score (nSPS) is 25.8. The fourth-order valence-electron chi connectivity index (χ4n) is 2.86. The zero-order valence-corrected chi connectivity index (χ0v) is 12.0. The molecule has 0 aliphatic heterocycles. The summed E-state index contributed by atoms with van der Waals surface area (Å²) in [6.07, 6.45) is 5.35. The molecule has 1 rings (SSSR count). The van der Waals surface area contributed by atoms with Gasteiger partial charge in [0.15, 0.2) is 0 Å². The van der Waals surface area contributed by atoms with Gasteiger partial charge in [-0.15, -0.1) is 0 Å². The summed E-state index contributed by atoms with van der Waals surface area (Å²) < 4.78 is 5.24. The largest absolute Gasteiger partial charge is 0.383 e. The van der Waals surface area contributed by atoms with E-state index in [0.29, 0.717) is 6.04 Å². The minimum absolute atomic E-state index is 0.714. The van der Waals surface area contributed by atoms with Crippen LogP contribution in [-0.4, -0.2) is 50.8 Å². The second-order valence-electron chi connectivity index (χ2n) is 5.69. The molecule has 0 radical (unpaired) electrons. The van der Waals surface area contributed by atoms with Gasteiger partial charge in [-0.2, -0.15) is 0 Å². The standard InChI is InChI=1S/C14H30N2O/c1-12(2)11-16(8-9-17-4)14-7-5-6-13(10-14)15-3/h12-15H,5-11H2,1-4H3. The highest BCUT2D eigenvalue weighted by Gasteiger charge is 2.25. The summed E-state index contributed by atoms with van der Waals surface area (Å²) >= 11 is 0. The van der Waals surface area contributed by atoms with Crippen molar-refractivity contribution in [1.82, 2.24) is 10.2 Å². The lowest BCUT2D eigenvalue weighted by molar-refractivity contribution is 0.0859. The van der Waals surface area contributed by atoms with E-state index >= 15 is 0 Å². The fraction of sp³-hybridized carbons (Fsp3) is 1.00. The van der Waals surface area contributed by atoms with Crippen LogP contribution in [0, 0.1) is 5.92 Å². The number of nitrogens with one attached hydrogen (secondary N) is 1. The maximum Gasteiger partial charge on any atom is 0.0589 e. The van der Waals surface area contributed by atoms with Gasteiger partial charge < -0.3 is 10.1 Å². The van der Waals surface area contributed by atoms with Crippen molar-refractivity contribution >= 4 is 0 Å². The predicted octanol–water partition coefficient (Wildman–Crippen LogP) is 2.12. The van der Waals surface area contributed by atoms with Crippen LogP contribution in [0.25, 0.3) is 0 Å². The minimum atomic E-state index is 0.714. The molecule has 0 spiro atoms. The molecule has 0 amide bonds. The molecule has 1 N–H and O–H groups in total. The second kappa shape index (κ2) is 8.06. The summed E-state index contributed by atoms with van der Waals surface area (Å²) in [7, 11) is 3.89. The Kier molecular flexibility index (Phi) is 7.09. The first-order valence-corrected chi connectivity index (χ1v) is 7.07. The van der Waals surface area contributed by atoms with E-state index in [1.165, 1.54) is 32.2 Å². The van der Waals surface area contributed by atoms with Crippen molar-refractivity contribution < 1.29 is 4.74 Å². The van der Waals surface area contributed by atoms with E-state index in [-0.39, 0.29) is 0 Å². The molecular weight excluding hydrogens is 212 g/mol. The number of hydrogen-bond donors (Lipinski definition) is 1. The highest BCUT2D eigenvalue weighted by Crippen LogP contribution is 2.23. The Morgan fingerprint density at radius 1 is 1.35 bits per heavy atom. The second-order valence-corrected chi connectivity index (χ2v) is 5.69. The molecule has 2 atom stereocenters. The van der Waals surface area contributed by atoms with Gasteiger partial charge in [-0.25, -0.2) is 0 Å². The third kappa shape index (κ3) is 5.36. The van der Waals surface area contributed by atoms with Gasteiger partial charge in [-0.1, -0.05) is 20.3 Å². The molecule has 0 saturated heterocycles. The number of hydrogen-bond acceptors (Lipinski definition) is 3. The van der Waals surface area contributed by atoms with Crippen LogP contribution >= 0.6 is 0 Å². The van der Waals surface area contributed by atoms with Gasteiger partial charge in [0.1, 0.15) is 0 Å². The Morgan fingerprint density at radius 2 is 2.12 bits per heavy atom. The van der Waals surface area contributed by atoms with Gasteiger partial charge in [0, 0.05) is 32.3 Å². The lowest BCUT2D eigenvalue weighted by Crippen LogP contribution is -2.46. The number of nitrogens with zero attached hydrogens (tertiary/aromatic N) is 1. The molecule has 0 bridgehead atoms. The van der Waals surface area contributed by atoms with Gasteiger partial charge in [0.2, 0.25) is 0 Å². The van der Waals surface area contributed by atoms with Crippen molar-refractivity contribution in [3.63, 3.8) is 0 Å². The maximum absolute atomic E-state index is 5.24. The molecule has 1 aliphatic rings. The smallest absolute Gasteiger partial charge is 0.0589 e. The summed E-state index contributed by atoms with van der Waals surface area (Å²) in [5, 5.41) is 3.44. The zero-order valence-electron chi connectivity index (χ0n) is 12.0. The highest BCUT2D eigenvalue weighted by atomic mass is 16.5. The molecule has 1 aliphatic carbocycles. The van der Waals surface area contributed by atoms with E-state index in [0.717, 1.165) is 25.1 Å². The molecule has 3 heteroatoms. The molecule has 3 nitrogen and oxygen atoms in total. The average Bonchev–Trinajstić information content (AvgIpc) is 2.34. The SMILES string of the molecule is CNC1CCCC(N(CCOC)CC(C)C)C1. The fourth-order valence-corrected chi connectivity index (χ4v) is 2.86. The third-order valence-corrected chi connectivity index (χ3v) is 3.75. The summed E-state index contributed by atoms with van der Waals surface area (Å²) in [5.74, 6) is 0.738. The van der Waals surface area contributed by atoms with Crippen molar-refractivity contribution in [2.75, 3.05) is 33.9 Å². The Hall–Kier alpha value is -0.120. The first-order chi connectivity index (χ1) is 8.17. The molecule has 0 aromatic carbocycles. The molecule has 0 heterocycles. The van der Waals surface area contributed by atoms with Crippen LogP contribution in [0.4, 0.5) is 0 Å². The molecule has 1 fully saturated rings. The van der Waals surface area contributed by atoms with Crippen LogP contribution in [0.15, 0.2) is 0 Å². The van der Waals surface area contributed by atoms with Crippen LogP contribution < -0.4 is 5.32 Å². The van der Waals surface area contributed by atoms with E-state index < -0.39 is 0 Å². The van der Waals surface area contributed by atoms with Crippen LogP contribution in [0.5, 0.6) is 0 Å². The molecular formula is C14H30N2O. The minimum Gasteiger partial charge on any atom is -0.383 e. The van der Waals surface area contributed by atoms with E-state index in [2.05, 4.69) is 31.1 Å². The molecule has 102 valence electrons. The quantitative estimate of drug-likeness (QED) is 0.740. The molecule has 17 heavy (non-hydrogen) atoms. The van der Waals surface area contributed by atoms with Crippen molar-refractivity contribution in [2.24, 2.45) is 5.92 Å². The first-order valence-electron chi connectivity index (χ1n) is 7.07. The molecule has 2 unspecified atom stereocenters. The summed E-state index contributed by atoms with van der Waals surface area (Å²) in [6, 6.07) is 1.46. The molecule has 0 aromatic rings. The summed E-state index contributed by atoms with van der Waals surface area (Å²) in [4.78, 5) is 2.64. The first kappa shape index (κ1) is 14.9. The monoisotopic (exact) mass is 242 g/mol. The Morgan fingerprint density at radius 3 is 2.71 bits per heavy atom. The van der Waals surface area contributed by atoms with E-state index in [1.807, 2.05) is 0 Å². The van der Waals surface area contributed by atoms with Crippen LogP contribution in [-0.2, 0) is 4.74 Å². The Bertz CT molecular complexity index is 197. The Balaban J connectivity index is 2.48. The lowest BCUT2D eigenvalue weighted by atomic mass is 9.89.